The van der Waals surface area contributed by atoms with E-state index >= 15 is 0 Å². The van der Waals surface area contributed by atoms with Crippen LogP contribution in [0.25, 0.3) is 0 Å². The van der Waals surface area contributed by atoms with Crippen molar-refractivity contribution in [3.05, 3.63) is 29.8 Å². The molecule has 2 rings (SSSR count). The SMILES string of the molecule is COc1cc(CNC(C)c2ncn[nH]2)cc(OC)c1O. The van der Waals surface area contributed by atoms with E-state index in [1.807, 2.05) is 6.92 Å². The summed E-state index contributed by atoms with van der Waals surface area (Å²) in [5, 5.41) is 19.8. The predicted molar refractivity (Wildman–Crippen MR) is 72.8 cm³/mol. The van der Waals surface area contributed by atoms with Gasteiger partial charge in [0.25, 0.3) is 0 Å². The van der Waals surface area contributed by atoms with Gasteiger partial charge in [0.15, 0.2) is 11.5 Å². The number of aromatic nitrogens is 3. The van der Waals surface area contributed by atoms with Gasteiger partial charge in [-0.3, -0.25) is 5.10 Å². The summed E-state index contributed by atoms with van der Waals surface area (Å²) < 4.78 is 10.2. The standard InChI is InChI=1S/C13H18N4O3/c1-8(13-15-7-16-17-13)14-6-9-4-10(19-2)12(18)11(5-9)20-3/h4-5,7-8,14,18H,6H2,1-3H3,(H,15,16,17). The lowest BCUT2D eigenvalue weighted by molar-refractivity contribution is 0.338. The second kappa shape index (κ2) is 6.25. The smallest absolute Gasteiger partial charge is 0.200 e. The molecule has 7 nitrogen and oxygen atoms in total. The highest BCUT2D eigenvalue weighted by Crippen LogP contribution is 2.37. The van der Waals surface area contributed by atoms with Crippen molar-refractivity contribution in [1.29, 1.82) is 0 Å². The summed E-state index contributed by atoms with van der Waals surface area (Å²) in [5.74, 6) is 1.53. The minimum Gasteiger partial charge on any atom is -0.502 e. The van der Waals surface area contributed by atoms with Crippen molar-refractivity contribution < 1.29 is 14.6 Å². The molecule has 1 heterocycles. The van der Waals surface area contributed by atoms with Crippen LogP contribution < -0.4 is 14.8 Å². The van der Waals surface area contributed by atoms with Gasteiger partial charge in [0.05, 0.1) is 20.3 Å². The lowest BCUT2D eigenvalue weighted by atomic mass is 10.1. The molecule has 0 aliphatic carbocycles. The maximum Gasteiger partial charge on any atom is 0.200 e. The lowest BCUT2D eigenvalue weighted by Gasteiger charge is -2.14. The molecule has 1 unspecified atom stereocenters. The zero-order valence-electron chi connectivity index (χ0n) is 11.7. The van der Waals surface area contributed by atoms with Crippen molar-refractivity contribution in [3.63, 3.8) is 0 Å². The number of phenolic OH excluding ortho intramolecular Hbond substituents is 1. The molecule has 0 spiro atoms. The van der Waals surface area contributed by atoms with Gasteiger partial charge in [0.1, 0.15) is 12.2 Å². The molecular weight excluding hydrogens is 260 g/mol. The van der Waals surface area contributed by atoms with Crippen LogP contribution in [0.5, 0.6) is 17.2 Å². The third-order valence-corrected chi connectivity index (χ3v) is 3.00. The summed E-state index contributed by atoms with van der Waals surface area (Å²) in [6.45, 7) is 2.56. The van der Waals surface area contributed by atoms with E-state index in [1.165, 1.54) is 20.5 Å². The third kappa shape index (κ3) is 3.00. The van der Waals surface area contributed by atoms with Crippen LogP contribution in [0.4, 0.5) is 0 Å². The number of methoxy groups -OCH3 is 2. The number of rotatable bonds is 6. The summed E-state index contributed by atoms with van der Waals surface area (Å²) in [4.78, 5) is 4.09. The molecule has 0 fully saturated rings. The largest absolute Gasteiger partial charge is 0.502 e. The first-order chi connectivity index (χ1) is 9.65. The molecular formula is C13H18N4O3. The van der Waals surface area contributed by atoms with Crippen molar-refractivity contribution in [1.82, 2.24) is 20.5 Å². The maximum absolute atomic E-state index is 9.85. The fraction of sp³-hybridized carbons (Fsp3) is 0.385. The van der Waals surface area contributed by atoms with E-state index in [4.69, 9.17) is 9.47 Å². The molecule has 0 bridgehead atoms. The number of nitrogens with zero attached hydrogens (tertiary/aromatic N) is 2. The molecule has 0 saturated carbocycles. The molecule has 0 aliphatic rings. The number of ether oxygens (including phenoxy) is 2. The van der Waals surface area contributed by atoms with Crippen LogP contribution in [0.1, 0.15) is 24.4 Å². The van der Waals surface area contributed by atoms with Crippen LogP contribution in [-0.2, 0) is 6.54 Å². The lowest BCUT2D eigenvalue weighted by Crippen LogP contribution is -2.19. The number of hydrogen-bond acceptors (Lipinski definition) is 6. The van der Waals surface area contributed by atoms with Crippen LogP contribution in [0.3, 0.4) is 0 Å². The quantitative estimate of drug-likeness (QED) is 0.739. The van der Waals surface area contributed by atoms with E-state index in [0.29, 0.717) is 18.0 Å². The van der Waals surface area contributed by atoms with Gasteiger partial charge in [-0.2, -0.15) is 5.10 Å². The van der Waals surface area contributed by atoms with E-state index in [9.17, 15) is 5.11 Å². The highest BCUT2D eigenvalue weighted by atomic mass is 16.5. The summed E-state index contributed by atoms with van der Waals surface area (Å²) >= 11 is 0. The zero-order valence-corrected chi connectivity index (χ0v) is 11.7. The monoisotopic (exact) mass is 278 g/mol. The number of phenols is 1. The Hall–Kier alpha value is -2.28. The molecule has 0 saturated heterocycles. The molecule has 2 aromatic rings. The van der Waals surface area contributed by atoms with Gasteiger partial charge >= 0.3 is 0 Å². The first kappa shape index (κ1) is 14.1. The third-order valence-electron chi connectivity index (χ3n) is 3.00. The summed E-state index contributed by atoms with van der Waals surface area (Å²) in [6.07, 6.45) is 1.47. The molecule has 0 amide bonds. The van der Waals surface area contributed by atoms with E-state index in [2.05, 4.69) is 20.5 Å². The molecule has 1 atom stereocenters. The Morgan fingerprint density at radius 1 is 1.30 bits per heavy atom. The fourth-order valence-corrected chi connectivity index (χ4v) is 1.84. The van der Waals surface area contributed by atoms with Crippen molar-refractivity contribution in [3.8, 4) is 17.2 Å². The molecule has 0 radical (unpaired) electrons. The van der Waals surface area contributed by atoms with Gasteiger partial charge in [-0.15, -0.1) is 0 Å². The van der Waals surface area contributed by atoms with Gasteiger partial charge in [-0.1, -0.05) is 0 Å². The summed E-state index contributed by atoms with van der Waals surface area (Å²) in [6, 6.07) is 3.55. The highest BCUT2D eigenvalue weighted by molar-refractivity contribution is 5.52. The van der Waals surface area contributed by atoms with Crippen LogP contribution in [-0.4, -0.2) is 34.5 Å². The minimum absolute atomic E-state index is 0.00188. The summed E-state index contributed by atoms with van der Waals surface area (Å²) in [5.41, 5.74) is 0.933. The van der Waals surface area contributed by atoms with E-state index < -0.39 is 0 Å². The fourth-order valence-electron chi connectivity index (χ4n) is 1.84. The average molecular weight is 278 g/mol. The van der Waals surface area contributed by atoms with E-state index in [1.54, 1.807) is 12.1 Å². The molecule has 20 heavy (non-hydrogen) atoms. The molecule has 7 heteroatoms. The van der Waals surface area contributed by atoms with Crippen molar-refractivity contribution in [2.45, 2.75) is 19.5 Å². The van der Waals surface area contributed by atoms with Crippen molar-refractivity contribution in [2.75, 3.05) is 14.2 Å². The van der Waals surface area contributed by atoms with Crippen LogP contribution in [0.15, 0.2) is 18.5 Å². The Labute approximate surface area is 117 Å². The Kier molecular flexibility index (Phi) is 4.41. The number of hydrogen-bond donors (Lipinski definition) is 3. The van der Waals surface area contributed by atoms with Gasteiger partial charge in [-0.25, -0.2) is 4.98 Å². The van der Waals surface area contributed by atoms with Gasteiger partial charge in [0.2, 0.25) is 5.75 Å². The van der Waals surface area contributed by atoms with Gasteiger partial charge in [-0.05, 0) is 24.6 Å². The van der Waals surface area contributed by atoms with Gasteiger partial charge < -0.3 is 19.9 Å². The van der Waals surface area contributed by atoms with E-state index in [0.717, 1.165) is 11.4 Å². The molecule has 1 aromatic heterocycles. The minimum atomic E-state index is 0.00188. The second-order valence-electron chi connectivity index (χ2n) is 4.32. The molecule has 1 aromatic carbocycles. The Morgan fingerprint density at radius 3 is 2.45 bits per heavy atom. The number of aromatic hydroxyl groups is 1. The van der Waals surface area contributed by atoms with Crippen LogP contribution in [0, 0.1) is 0 Å². The number of benzene rings is 1. The normalized spacial score (nSPS) is 12.2. The number of H-pyrrole nitrogens is 1. The predicted octanol–water partition coefficient (Wildman–Crippen LogP) is 1.38. The van der Waals surface area contributed by atoms with Crippen molar-refractivity contribution >= 4 is 0 Å². The highest BCUT2D eigenvalue weighted by Gasteiger charge is 2.12. The number of nitrogens with one attached hydrogen (secondary N) is 2. The Morgan fingerprint density at radius 2 is 1.95 bits per heavy atom. The summed E-state index contributed by atoms with van der Waals surface area (Å²) in [7, 11) is 3.01. The first-order valence-electron chi connectivity index (χ1n) is 6.18. The van der Waals surface area contributed by atoms with Crippen LogP contribution in [0.2, 0.25) is 0 Å². The van der Waals surface area contributed by atoms with Crippen molar-refractivity contribution in [2.24, 2.45) is 0 Å². The Balaban J connectivity index is 2.09. The second-order valence-corrected chi connectivity index (χ2v) is 4.32. The van der Waals surface area contributed by atoms with Gasteiger partial charge in [0, 0.05) is 6.54 Å². The van der Waals surface area contributed by atoms with Crippen LogP contribution >= 0.6 is 0 Å². The zero-order chi connectivity index (χ0) is 14.5. The Bertz CT molecular complexity index is 532. The first-order valence-corrected chi connectivity index (χ1v) is 6.18. The molecule has 108 valence electrons. The van der Waals surface area contributed by atoms with E-state index in [-0.39, 0.29) is 11.8 Å². The maximum atomic E-state index is 9.85. The molecule has 0 aliphatic heterocycles. The number of aromatic amines is 1. The topological polar surface area (TPSA) is 92.3 Å². The average Bonchev–Trinajstić information content (AvgIpc) is 3.00. The molecule has 3 N–H and O–H groups in total.